The fourth-order valence-corrected chi connectivity index (χ4v) is 3.67. The van der Waals surface area contributed by atoms with Crippen LogP contribution in [-0.2, 0) is 6.42 Å². The highest BCUT2D eigenvalue weighted by atomic mass is 32.1. The van der Waals surface area contributed by atoms with Gasteiger partial charge in [-0.25, -0.2) is 0 Å². The molecule has 2 aliphatic rings. The van der Waals surface area contributed by atoms with Gasteiger partial charge in [0.05, 0.1) is 12.2 Å². The number of aliphatic hydroxyl groups excluding tert-OH is 1. The lowest BCUT2D eigenvalue weighted by atomic mass is 10.0. The Kier molecular flexibility index (Phi) is 4.81. The molecule has 1 aromatic carbocycles. The van der Waals surface area contributed by atoms with E-state index in [1.165, 1.54) is 0 Å². The Labute approximate surface area is 160 Å². The Morgan fingerprint density at radius 3 is 2.74 bits per heavy atom. The van der Waals surface area contributed by atoms with Crippen molar-refractivity contribution >= 4 is 18.1 Å². The van der Waals surface area contributed by atoms with Gasteiger partial charge in [-0.1, -0.05) is 0 Å². The molecule has 142 valence electrons. The summed E-state index contributed by atoms with van der Waals surface area (Å²) >= 11 is 4.98. The van der Waals surface area contributed by atoms with Gasteiger partial charge in [0, 0.05) is 50.3 Å². The Balaban J connectivity index is 1.53. The van der Waals surface area contributed by atoms with Crippen LogP contribution in [-0.4, -0.2) is 70.1 Å². The van der Waals surface area contributed by atoms with Crippen molar-refractivity contribution in [2.75, 3.05) is 39.3 Å². The first-order valence-electron chi connectivity index (χ1n) is 8.84. The Hall–Kier alpha value is -2.49. The van der Waals surface area contributed by atoms with Crippen molar-refractivity contribution in [1.82, 2.24) is 19.8 Å². The van der Waals surface area contributed by atoms with Crippen molar-refractivity contribution in [3.8, 4) is 11.6 Å². The summed E-state index contributed by atoms with van der Waals surface area (Å²) in [5.41, 5.74) is 1.56. The first-order chi connectivity index (χ1) is 13.0. The Morgan fingerprint density at radius 1 is 1.22 bits per heavy atom. The number of hydrogen-bond acceptors (Lipinski definition) is 6. The van der Waals surface area contributed by atoms with Gasteiger partial charge < -0.3 is 19.7 Å². The Morgan fingerprint density at radius 2 is 2.00 bits per heavy atom. The SMILES string of the molecule is O=C(c1ccc2c(c1)Cc1c([nH]c(=S)[nH]c1=O)O2)N1CCN(CCO)CC1. The topological polar surface area (TPSA) is 102 Å². The maximum absolute atomic E-state index is 12.8. The zero-order valence-electron chi connectivity index (χ0n) is 14.7. The molecule has 1 aromatic heterocycles. The van der Waals surface area contributed by atoms with Gasteiger partial charge in [0.2, 0.25) is 5.88 Å². The second kappa shape index (κ2) is 7.26. The average molecular weight is 388 g/mol. The summed E-state index contributed by atoms with van der Waals surface area (Å²) < 4.78 is 5.98. The second-order valence-electron chi connectivity index (χ2n) is 6.67. The summed E-state index contributed by atoms with van der Waals surface area (Å²) in [6, 6.07) is 5.29. The summed E-state index contributed by atoms with van der Waals surface area (Å²) in [6.07, 6.45) is 0.373. The normalized spacial score (nSPS) is 16.4. The van der Waals surface area contributed by atoms with Gasteiger partial charge in [0.15, 0.2) is 4.77 Å². The molecule has 1 amide bonds. The number of aromatic nitrogens is 2. The maximum Gasteiger partial charge on any atom is 0.259 e. The van der Waals surface area contributed by atoms with E-state index < -0.39 is 0 Å². The van der Waals surface area contributed by atoms with Crippen LogP contribution in [0.25, 0.3) is 0 Å². The molecule has 2 aromatic rings. The molecule has 8 nitrogen and oxygen atoms in total. The molecule has 2 aliphatic heterocycles. The van der Waals surface area contributed by atoms with Gasteiger partial charge >= 0.3 is 0 Å². The molecule has 3 N–H and O–H groups in total. The smallest absolute Gasteiger partial charge is 0.259 e. The number of β-amino-alcohol motifs (C(OH)–C–C–N with tert-alkyl or cyclic N) is 1. The molecule has 1 saturated heterocycles. The second-order valence-corrected chi connectivity index (χ2v) is 7.08. The van der Waals surface area contributed by atoms with Crippen LogP contribution in [0.1, 0.15) is 21.5 Å². The predicted octanol–water partition coefficient (Wildman–Crippen LogP) is 0.879. The highest BCUT2D eigenvalue weighted by molar-refractivity contribution is 7.71. The standard InChI is InChI=1S/C18H20N4O4S/c23-8-7-21-3-5-22(6-4-21)17(25)11-1-2-14-12(9-11)10-13-15(24)19-18(27)20-16(13)26-14/h1-2,9,23H,3-8,10H2,(H2,19,20,24,27). The summed E-state index contributed by atoms with van der Waals surface area (Å²) in [6.45, 7) is 3.53. The van der Waals surface area contributed by atoms with Gasteiger partial charge in [-0.3, -0.25) is 19.5 Å². The summed E-state index contributed by atoms with van der Waals surface area (Å²) in [7, 11) is 0. The maximum atomic E-state index is 12.8. The highest BCUT2D eigenvalue weighted by Crippen LogP contribution is 2.34. The number of nitrogens with zero attached hydrogens (tertiary/aromatic N) is 2. The number of ether oxygens (including phenoxy) is 1. The first kappa shape index (κ1) is 17.9. The van der Waals surface area contributed by atoms with Crippen molar-refractivity contribution in [3.63, 3.8) is 0 Å². The van der Waals surface area contributed by atoms with Crippen LogP contribution < -0.4 is 10.3 Å². The number of carbonyl (C=O) groups is 1. The van der Waals surface area contributed by atoms with Crippen LogP contribution in [0.3, 0.4) is 0 Å². The minimum atomic E-state index is -0.281. The lowest BCUT2D eigenvalue weighted by Gasteiger charge is -2.34. The predicted molar refractivity (Wildman–Crippen MR) is 101 cm³/mol. The third-order valence-corrected chi connectivity index (χ3v) is 5.17. The van der Waals surface area contributed by atoms with E-state index in [0.29, 0.717) is 48.8 Å². The molecule has 3 heterocycles. The average Bonchev–Trinajstić information content (AvgIpc) is 2.66. The van der Waals surface area contributed by atoms with Gasteiger partial charge in [-0.15, -0.1) is 0 Å². The number of fused-ring (bicyclic) bond motifs is 2. The van der Waals surface area contributed by atoms with Crippen molar-refractivity contribution in [3.05, 3.63) is 50.0 Å². The van der Waals surface area contributed by atoms with Gasteiger partial charge in [0.25, 0.3) is 11.5 Å². The zero-order chi connectivity index (χ0) is 19.0. The molecular weight excluding hydrogens is 368 g/mol. The molecular formula is C18H20N4O4S. The zero-order valence-corrected chi connectivity index (χ0v) is 15.5. The third-order valence-electron chi connectivity index (χ3n) is 4.96. The van der Waals surface area contributed by atoms with Crippen LogP contribution >= 0.6 is 12.2 Å². The highest BCUT2D eigenvalue weighted by Gasteiger charge is 2.25. The number of hydrogen-bond donors (Lipinski definition) is 3. The van der Waals surface area contributed by atoms with E-state index in [1.54, 1.807) is 18.2 Å². The van der Waals surface area contributed by atoms with E-state index in [9.17, 15) is 9.59 Å². The van der Waals surface area contributed by atoms with Crippen molar-refractivity contribution in [2.24, 2.45) is 0 Å². The fourth-order valence-electron chi connectivity index (χ4n) is 3.49. The van der Waals surface area contributed by atoms with E-state index in [-0.39, 0.29) is 22.8 Å². The Bertz CT molecular complexity index is 992. The van der Waals surface area contributed by atoms with E-state index in [4.69, 9.17) is 22.1 Å². The number of carbonyl (C=O) groups excluding carboxylic acids is 1. The van der Waals surface area contributed by atoms with Gasteiger partial charge in [0.1, 0.15) is 5.75 Å². The molecule has 4 rings (SSSR count). The summed E-state index contributed by atoms with van der Waals surface area (Å²) in [5, 5.41) is 9.02. The molecule has 0 spiro atoms. The lowest BCUT2D eigenvalue weighted by Crippen LogP contribution is -2.49. The molecule has 0 atom stereocenters. The third kappa shape index (κ3) is 3.53. The molecule has 0 radical (unpaired) electrons. The monoisotopic (exact) mass is 388 g/mol. The number of amides is 1. The largest absolute Gasteiger partial charge is 0.440 e. The first-order valence-corrected chi connectivity index (χ1v) is 9.24. The van der Waals surface area contributed by atoms with E-state index in [2.05, 4.69) is 14.9 Å². The van der Waals surface area contributed by atoms with Crippen molar-refractivity contribution < 1.29 is 14.6 Å². The minimum absolute atomic E-state index is 0.0337. The lowest BCUT2D eigenvalue weighted by molar-refractivity contribution is 0.0615. The van der Waals surface area contributed by atoms with E-state index in [1.807, 2.05) is 4.90 Å². The quantitative estimate of drug-likeness (QED) is 0.576. The number of aliphatic hydroxyl groups is 1. The molecule has 1 fully saturated rings. The van der Waals surface area contributed by atoms with Gasteiger partial charge in [-0.05, 0) is 30.4 Å². The van der Waals surface area contributed by atoms with Crippen LogP contribution in [0, 0.1) is 4.77 Å². The van der Waals surface area contributed by atoms with Crippen LogP contribution in [0.4, 0.5) is 0 Å². The van der Waals surface area contributed by atoms with E-state index in [0.717, 1.165) is 18.7 Å². The van der Waals surface area contributed by atoms with Crippen LogP contribution in [0.2, 0.25) is 0 Å². The fraction of sp³-hybridized carbons (Fsp3) is 0.389. The van der Waals surface area contributed by atoms with Crippen LogP contribution in [0.5, 0.6) is 11.6 Å². The molecule has 0 unspecified atom stereocenters. The summed E-state index contributed by atoms with van der Waals surface area (Å²) in [5.74, 6) is 0.937. The summed E-state index contributed by atoms with van der Waals surface area (Å²) in [4.78, 5) is 34.3. The van der Waals surface area contributed by atoms with Crippen LogP contribution in [0.15, 0.2) is 23.0 Å². The van der Waals surface area contributed by atoms with E-state index >= 15 is 0 Å². The minimum Gasteiger partial charge on any atom is -0.440 e. The molecule has 27 heavy (non-hydrogen) atoms. The molecule has 0 saturated carbocycles. The molecule has 0 aliphatic carbocycles. The number of aromatic amines is 2. The number of H-pyrrole nitrogens is 2. The van der Waals surface area contributed by atoms with Crippen molar-refractivity contribution in [2.45, 2.75) is 6.42 Å². The van der Waals surface area contributed by atoms with Gasteiger partial charge in [-0.2, -0.15) is 0 Å². The van der Waals surface area contributed by atoms with Crippen molar-refractivity contribution in [1.29, 1.82) is 0 Å². The number of benzene rings is 1. The number of piperazine rings is 1. The molecule has 0 bridgehead atoms. The number of rotatable bonds is 3. The number of nitrogens with one attached hydrogen (secondary N) is 2. The molecule has 9 heteroatoms.